The van der Waals surface area contributed by atoms with Gasteiger partial charge in [-0.15, -0.1) is 0 Å². The van der Waals surface area contributed by atoms with Crippen molar-refractivity contribution in [2.45, 2.75) is 31.9 Å². The second-order valence-corrected chi connectivity index (χ2v) is 3.96. The van der Waals surface area contributed by atoms with Gasteiger partial charge in [-0.05, 0) is 25.8 Å². The van der Waals surface area contributed by atoms with Crippen LogP contribution in [0, 0.1) is 5.92 Å². The molecule has 0 radical (unpaired) electrons. The maximum absolute atomic E-state index is 11.9. The second kappa shape index (κ2) is 4.31. The Labute approximate surface area is 76.9 Å². The molecule has 78 valence electrons. The topological polar surface area (TPSA) is 3.24 Å². The maximum atomic E-state index is 11.9. The minimum Gasteiger partial charge on any atom is -0.298 e. The van der Waals surface area contributed by atoms with E-state index >= 15 is 0 Å². The highest BCUT2D eigenvalue weighted by Gasteiger charge is 2.30. The Bertz CT molecular complexity index is 149. The van der Waals surface area contributed by atoms with Crippen LogP contribution in [0.15, 0.2) is 0 Å². The average Bonchev–Trinajstić information content (AvgIpc) is 2.34. The molecule has 1 fully saturated rings. The number of rotatable bonds is 3. The molecular formula is C9H16F3N. The third-order valence-corrected chi connectivity index (χ3v) is 2.49. The van der Waals surface area contributed by atoms with Gasteiger partial charge in [0.2, 0.25) is 0 Å². The van der Waals surface area contributed by atoms with Crippen LogP contribution in [-0.4, -0.2) is 31.2 Å². The molecule has 0 saturated heterocycles. The minimum atomic E-state index is -4.05. The molecule has 0 aromatic rings. The zero-order chi connectivity index (χ0) is 9.90. The summed E-state index contributed by atoms with van der Waals surface area (Å²) >= 11 is 0. The van der Waals surface area contributed by atoms with Crippen molar-refractivity contribution in [3.05, 3.63) is 0 Å². The monoisotopic (exact) mass is 195 g/mol. The summed E-state index contributed by atoms with van der Waals surface area (Å²) in [6.07, 6.45) is 0.521. The van der Waals surface area contributed by atoms with Gasteiger partial charge in [-0.2, -0.15) is 13.2 Å². The Hall–Kier alpha value is -0.250. The molecule has 0 N–H and O–H groups in total. The first-order chi connectivity index (χ1) is 5.97. The van der Waals surface area contributed by atoms with Gasteiger partial charge in [0.25, 0.3) is 0 Å². The summed E-state index contributed by atoms with van der Waals surface area (Å²) in [5.41, 5.74) is 0. The summed E-state index contributed by atoms with van der Waals surface area (Å²) in [7, 11) is 1.55. The zero-order valence-corrected chi connectivity index (χ0v) is 7.90. The van der Waals surface area contributed by atoms with Gasteiger partial charge in [0.15, 0.2) is 0 Å². The number of halogens is 3. The minimum absolute atomic E-state index is 0.493. The second-order valence-electron chi connectivity index (χ2n) is 3.96. The molecule has 0 aromatic heterocycles. The van der Waals surface area contributed by atoms with Gasteiger partial charge in [0.05, 0.1) is 6.54 Å². The molecule has 13 heavy (non-hydrogen) atoms. The maximum Gasteiger partial charge on any atom is 0.401 e. The Balaban J connectivity index is 2.20. The standard InChI is InChI=1S/C9H16F3N/c1-13(7-9(10,11)12)6-8-4-2-3-5-8/h8H,2-7H2,1H3. The fourth-order valence-corrected chi connectivity index (χ4v) is 2.00. The van der Waals surface area contributed by atoms with Crippen LogP contribution >= 0.6 is 0 Å². The van der Waals surface area contributed by atoms with E-state index in [0.717, 1.165) is 12.8 Å². The van der Waals surface area contributed by atoms with Crippen LogP contribution in [-0.2, 0) is 0 Å². The summed E-state index contributed by atoms with van der Waals surface area (Å²) in [4.78, 5) is 1.38. The van der Waals surface area contributed by atoms with Gasteiger partial charge in [-0.3, -0.25) is 4.90 Å². The molecule has 0 bridgehead atoms. The van der Waals surface area contributed by atoms with Crippen LogP contribution in [0.2, 0.25) is 0 Å². The first-order valence-electron chi connectivity index (χ1n) is 4.72. The van der Waals surface area contributed by atoms with E-state index in [0.29, 0.717) is 12.5 Å². The molecule has 1 aliphatic rings. The van der Waals surface area contributed by atoms with Crippen molar-refractivity contribution in [3.63, 3.8) is 0 Å². The summed E-state index contributed by atoms with van der Waals surface area (Å²) < 4.78 is 35.8. The number of alkyl halides is 3. The van der Waals surface area contributed by atoms with E-state index in [2.05, 4.69) is 0 Å². The van der Waals surface area contributed by atoms with Gasteiger partial charge < -0.3 is 0 Å². The first kappa shape index (κ1) is 10.8. The fourth-order valence-electron chi connectivity index (χ4n) is 2.00. The van der Waals surface area contributed by atoms with E-state index in [1.807, 2.05) is 0 Å². The zero-order valence-electron chi connectivity index (χ0n) is 7.90. The average molecular weight is 195 g/mol. The van der Waals surface area contributed by atoms with Gasteiger partial charge >= 0.3 is 6.18 Å². The quantitative estimate of drug-likeness (QED) is 0.669. The molecule has 0 unspecified atom stereocenters. The van der Waals surface area contributed by atoms with Crippen LogP contribution in [0.3, 0.4) is 0 Å². The number of hydrogen-bond acceptors (Lipinski definition) is 1. The molecule has 0 aliphatic heterocycles. The fraction of sp³-hybridized carbons (Fsp3) is 1.00. The molecular weight excluding hydrogens is 179 g/mol. The molecule has 0 amide bonds. The van der Waals surface area contributed by atoms with E-state index in [1.54, 1.807) is 7.05 Å². The lowest BCUT2D eigenvalue weighted by atomic mass is 10.1. The summed E-state index contributed by atoms with van der Waals surface area (Å²) in [5, 5.41) is 0. The number of nitrogens with zero attached hydrogens (tertiary/aromatic N) is 1. The Morgan fingerprint density at radius 3 is 2.23 bits per heavy atom. The van der Waals surface area contributed by atoms with Crippen molar-refractivity contribution >= 4 is 0 Å². The van der Waals surface area contributed by atoms with Gasteiger partial charge in [-0.1, -0.05) is 12.8 Å². The van der Waals surface area contributed by atoms with Crippen molar-refractivity contribution < 1.29 is 13.2 Å². The van der Waals surface area contributed by atoms with E-state index in [-0.39, 0.29) is 0 Å². The van der Waals surface area contributed by atoms with Crippen molar-refractivity contribution in [3.8, 4) is 0 Å². The van der Waals surface area contributed by atoms with E-state index in [4.69, 9.17) is 0 Å². The van der Waals surface area contributed by atoms with E-state index < -0.39 is 12.7 Å². The van der Waals surface area contributed by atoms with Crippen molar-refractivity contribution in [2.75, 3.05) is 20.1 Å². The lowest BCUT2D eigenvalue weighted by Crippen LogP contribution is -2.34. The summed E-state index contributed by atoms with van der Waals surface area (Å²) in [6.45, 7) is -0.178. The predicted molar refractivity (Wildman–Crippen MR) is 45.5 cm³/mol. The van der Waals surface area contributed by atoms with Crippen molar-refractivity contribution in [1.82, 2.24) is 4.90 Å². The Morgan fingerprint density at radius 1 is 1.23 bits per heavy atom. The summed E-state index contributed by atoms with van der Waals surface area (Å²) in [5.74, 6) is 0.493. The molecule has 1 nitrogen and oxygen atoms in total. The van der Waals surface area contributed by atoms with Crippen LogP contribution in [0.5, 0.6) is 0 Å². The van der Waals surface area contributed by atoms with Crippen LogP contribution in [0.25, 0.3) is 0 Å². The van der Waals surface area contributed by atoms with Gasteiger partial charge in [-0.25, -0.2) is 0 Å². The molecule has 0 aromatic carbocycles. The molecule has 0 atom stereocenters. The van der Waals surface area contributed by atoms with E-state index in [9.17, 15) is 13.2 Å². The highest BCUT2D eigenvalue weighted by molar-refractivity contribution is 4.71. The SMILES string of the molecule is CN(CC1CCCC1)CC(F)(F)F. The van der Waals surface area contributed by atoms with Crippen molar-refractivity contribution in [2.24, 2.45) is 5.92 Å². The molecule has 0 heterocycles. The normalized spacial score (nSPS) is 20.1. The summed E-state index contributed by atoms with van der Waals surface area (Å²) in [6, 6.07) is 0. The van der Waals surface area contributed by atoms with E-state index in [1.165, 1.54) is 17.7 Å². The molecule has 1 saturated carbocycles. The lowest BCUT2D eigenvalue weighted by Gasteiger charge is -2.21. The highest BCUT2D eigenvalue weighted by atomic mass is 19.4. The van der Waals surface area contributed by atoms with Gasteiger partial charge in [0, 0.05) is 6.54 Å². The van der Waals surface area contributed by atoms with Crippen LogP contribution in [0.1, 0.15) is 25.7 Å². The first-order valence-corrected chi connectivity index (χ1v) is 4.72. The lowest BCUT2D eigenvalue weighted by molar-refractivity contribution is -0.144. The van der Waals surface area contributed by atoms with Crippen LogP contribution < -0.4 is 0 Å². The Kier molecular flexibility index (Phi) is 3.59. The Morgan fingerprint density at radius 2 is 1.77 bits per heavy atom. The molecule has 4 heteroatoms. The molecule has 1 aliphatic carbocycles. The molecule has 0 spiro atoms. The number of hydrogen-bond donors (Lipinski definition) is 0. The highest BCUT2D eigenvalue weighted by Crippen LogP contribution is 2.26. The van der Waals surface area contributed by atoms with Crippen LogP contribution in [0.4, 0.5) is 13.2 Å². The van der Waals surface area contributed by atoms with Crippen molar-refractivity contribution in [1.29, 1.82) is 0 Å². The largest absolute Gasteiger partial charge is 0.401 e. The predicted octanol–water partition coefficient (Wildman–Crippen LogP) is 2.67. The smallest absolute Gasteiger partial charge is 0.298 e. The molecule has 1 rings (SSSR count). The van der Waals surface area contributed by atoms with Gasteiger partial charge in [0.1, 0.15) is 0 Å². The third kappa shape index (κ3) is 4.50. The third-order valence-electron chi connectivity index (χ3n) is 2.49.